The van der Waals surface area contributed by atoms with Gasteiger partial charge in [-0.1, -0.05) is 44.2 Å². The van der Waals surface area contributed by atoms with Crippen LogP contribution in [0.4, 0.5) is 0 Å². The van der Waals surface area contributed by atoms with Gasteiger partial charge in [0.15, 0.2) is 0 Å². The fourth-order valence-corrected chi connectivity index (χ4v) is 3.11. The molecule has 0 bridgehead atoms. The van der Waals surface area contributed by atoms with Crippen LogP contribution in [0.2, 0.25) is 0 Å². The first-order valence-corrected chi connectivity index (χ1v) is 7.60. The van der Waals surface area contributed by atoms with Crippen molar-refractivity contribution in [2.24, 2.45) is 11.8 Å². The van der Waals surface area contributed by atoms with E-state index in [9.17, 15) is 5.11 Å². The zero-order valence-corrected chi connectivity index (χ0v) is 12.2. The first-order valence-electron chi connectivity index (χ1n) is 7.60. The van der Waals surface area contributed by atoms with Crippen molar-refractivity contribution in [3.05, 3.63) is 35.9 Å². The van der Waals surface area contributed by atoms with E-state index in [-0.39, 0.29) is 12.6 Å². The molecular weight excluding hydrogens is 234 g/mol. The molecule has 1 fully saturated rings. The molecular formula is C17H27NO. The van der Waals surface area contributed by atoms with Gasteiger partial charge < -0.3 is 10.4 Å². The summed E-state index contributed by atoms with van der Waals surface area (Å²) in [5, 5.41) is 13.2. The molecule has 1 aliphatic rings. The summed E-state index contributed by atoms with van der Waals surface area (Å²) in [7, 11) is 0. The molecule has 2 nitrogen and oxygen atoms in total. The van der Waals surface area contributed by atoms with E-state index in [2.05, 4.69) is 43.4 Å². The number of aliphatic hydroxyl groups is 1. The number of rotatable bonds is 5. The predicted molar refractivity (Wildman–Crippen MR) is 80.1 cm³/mol. The molecule has 0 radical (unpaired) electrons. The maximum atomic E-state index is 9.57. The van der Waals surface area contributed by atoms with Crippen LogP contribution in [-0.2, 0) is 6.42 Å². The largest absolute Gasteiger partial charge is 0.395 e. The summed E-state index contributed by atoms with van der Waals surface area (Å²) in [5.74, 6) is 1.64. The standard InChI is InChI=1S/C17H27NO/c1-13-8-9-16(10-14(13)2)18-17(12-19)11-15-6-4-3-5-7-15/h3-7,13-14,16-19H,8-12H2,1-2H3. The number of hydrogen-bond donors (Lipinski definition) is 2. The maximum Gasteiger partial charge on any atom is 0.0587 e. The van der Waals surface area contributed by atoms with E-state index in [0.717, 1.165) is 18.3 Å². The smallest absolute Gasteiger partial charge is 0.0587 e. The molecule has 4 unspecified atom stereocenters. The predicted octanol–water partition coefficient (Wildman–Crippen LogP) is 3.00. The Hall–Kier alpha value is -0.860. The molecule has 2 N–H and O–H groups in total. The van der Waals surface area contributed by atoms with E-state index < -0.39 is 0 Å². The fraction of sp³-hybridized carbons (Fsp3) is 0.647. The highest BCUT2D eigenvalue weighted by atomic mass is 16.3. The molecule has 0 heterocycles. The van der Waals surface area contributed by atoms with Gasteiger partial charge in [0, 0.05) is 12.1 Å². The van der Waals surface area contributed by atoms with Crippen molar-refractivity contribution in [2.75, 3.05) is 6.61 Å². The van der Waals surface area contributed by atoms with Crippen molar-refractivity contribution in [1.29, 1.82) is 0 Å². The highest BCUT2D eigenvalue weighted by Crippen LogP contribution is 2.29. The topological polar surface area (TPSA) is 32.3 Å². The third-order valence-corrected chi connectivity index (χ3v) is 4.61. The van der Waals surface area contributed by atoms with Gasteiger partial charge in [-0.15, -0.1) is 0 Å². The molecule has 1 aliphatic carbocycles. The van der Waals surface area contributed by atoms with E-state index in [0.29, 0.717) is 6.04 Å². The van der Waals surface area contributed by atoms with Crippen LogP contribution in [0.3, 0.4) is 0 Å². The summed E-state index contributed by atoms with van der Waals surface area (Å²) in [5.41, 5.74) is 1.30. The minimum absolute atomic E-state index is 0.188. The lowest BCUT2D eigenvalue weighted by Gasteiger charge is -2.34. The summed E-state index contributed by atoms with van der Waals surface area (Å²) >= 11 is 0. The van der Waals surface area contributed by atoms with Crippen LogP contribution in [-0.4, -0.2) is 23.8 Å². The van der Waals surface area contributed by atoms with Crippen molar-refractivity contribution in [1.82, 2.24) is 5.32 Å². The molecule has 1 saturated carbocycles. The van der Waals surface area contributed by atoms with Gasteiger partial charge in [0.05, 0.1) is 6.61 Å². The summed E-state index contributed by atoms with van der Waals surface area (Å²) in [6, 6.07) is 11.2. The average Bonchev–Trinajstić information content (AvgIpc) is 2.43. The maximum absolute atomic E-state index is 9.57. The molecule has 0 spiro atoms. The van der Waals surface area contributed by atoms with Crippen LogP contribution in [0.25, 0.3) is 0 Å². The van der Waals surface area contributed by atoms with Crippen LogP contribution in [0, 0.1) is 11.8 Å². The number of nitrogens with one attached hydrogen (secondary N) is 1. The Balaban J connectivity index is 1.85. The van der Waals surface area contributed by atoms with Crippen molar-refractivity contribution in [3.63, 3.8) is 0 Å². The number of benzene rings is 1. The minimum atomic E-state index is 0.188. The highest BCUT2D eigenvalue weighted by molar-refractivity contribution is 5.16. The highest BCUT2D eigenvalue weighted by Gasteiger charge is 2.25. The fourth-order valence-electron chi connectivity index (χ4n) is 3.11. The number of aliphatic hydroxyl groups excluding tert-OH is 1. The second-order valence-electron chi connectivity index (χ2n) is 6.20. The van der Waals surface area contributed by atoms with E-state index in [4.69, 9.17) is 0 Å². The van der Waals surface area contributed by atoms with Gasteiger partial charge >= 0.3 is 0 Å². The Kier molecular flexibility index (Phi) is 5.41. The molecule has 2 rings (SSSR count). The Morgan fingerprint density at radius 2 is 1.89 bits per heavy atom. The van der Waals surface area contributed by atoms with Crippen LogP contribution in [0.15, 0.2) is 30.3 Å². The molecule has 106 valence electrons. The normalized spacial score (nSPS) is 29.1. The Bertz CT molecular complexity index is 365. The summed E-state index contributed by atoms with van der Waals surface area (Å²) < 4.78 is 0. The lowest BCUT2D eigenvalue weighted by molar-refractivity contribution is 0.182. The van der Waals surface area contributed by atoms with Crippen molar-refractivity contribution in [3.8, 4) is 0 Å². The Labute approximate surface area is 117 Å². The van der Waals surface area contributed by atoms with Crippen molar-refractivity contribution in [2.45, 2.75) is 51.6 Å². The zero-order chi connectivity index (χ0) is 13.7. The van der Waals surface area contributed by atoms with Crippen LogP contribution in [0.1, 0.15) is 38.7 Å². The molecule has 2 heteroatoms. The van der Waals surface area contributed by atoms with E-state index >= 15 is 0 Å². The third-order valence-electron chi connectivity index (χ3n) is 4.61. The summed E-state index contributed by atoms with van der Waals surface area (Å²) in [6.07, 6.45) is 4.71. The van der Waals surface area contributed by atoms with Crippen LogP contribution >= 0.6 is 0 Å². The molecule has 1 aromatic carbocycles. The quantitative estimate of drug-likeness (QED) is 0.854. The summed E-state index contributed by atoms with van der Waals surface area (Å²) in [6.45, 7) is 4.92. The molecule has 0 amide bonds. The third kappa shape index (κ3) is 4.32. The minimum Gasteiger partial charge on any atom is -0.395 e. The van der Waals surface area contributed by atoms with Crippen LogP contribution < -0.4 is 5.32 Å². The van der Waals surface area contributed by atoms with Gasteiger partial charge in [0.25, 0.3) is 0 Å². The van der Waals surface area contributed by atoms with Gasteiger partial charge in [-0.25, -0.2) is 0 Å². The zero-order valence-electron chi connectivity index (χ0n) is 12.2. The molecule has 19 heavy (non-hydrogen) atoms. The SMILES string of the molecule is CC1CCC(NC(CO)Cc2ccccc2)CC1C. The van der Waals surface area contributed by atoms with Gasteiger partial charge in [0.1, 0.15) is 0 Å². The molecule has 0 aliphatic heterocycles. The van der Waals surface area contributed by atoms with Crippen LogP contribution in [0.5, 0.6) is 0 Å². The molecule has 4 atom stereocenters. The lowest BCUT2D eigenvalue weighted by Crippen LogP contribution is -2.45. The second kappa shape index (κ2) is 7.06. The van der Waals surface area contributed by atoms with Gasteiger partial charge in [-0.2, -0.15) is 0 Å². The molecule has 0 saturated heterocycles. The van der Waals surface area contributed by atoms with Crippen molar-refractivity contribution >= 4 is 0 Å². The number of hydrogen-bond acceptors (Lipinski definition) is 2. The van der Waals surface area contributed by atoms with Gasteiger partial charge in [-0.3, -0.25) is 0 Å². The van der Waals surface area contributed by atoms with E-state index in [1.165, 1.54) is 24.8 Å². The second-order valence-corrected chi connectivity index (χ2v) is 6.20. The monoisotopic (exact) mass is 261 g/mol. The molecule has 1 aromatic rings. The Morgan fingerprint density at radius 3 is 2.53 bits per heavy atom. The van der Waals surface area contributed by atoms with E-state index in [1.807, 2.05) is 6.07 Å². The van der Waals surface area contributed by atoms with Gasteiger partial charge in [0.2, 0.25) is 0 Å². The summed E-state index contributed by atoms with van der Waals surface area (Å²) in [4.78, 5) is 0. The van der Waals surface area contributed by atoms with Gasteiger partial charge in [-0.05, 0) is 43.1 Å². The Morgan fingerprint density at radius 1 is 1.16 bits per heavy atom. The first-order chi connectivity index (χ1) is 9.19. The molecule has 0 aromatic heterocycles. The van der Waals surface area contributed by atoms with Crippen molar-refractivity contribution < 1.29 is 5.11 Å². The average molecular weight is 261 g/mol. The lowest BCUT2D eigenvalue weighted by atomic mass is 9.79. The first kappa shape index (κ1) is 14.5. The van der Waals surface area contributed by atoms with E-state index in [1.54, 1.807) is 0 Å².